The van der Waals surface area contributed by atoms with Crippen molar-refractivity contribution >= 4 is 23.5 Å². The number of aromatic nitrogens is 6. The first kappa shape index (κ1) is 22.8. The highest BCUT2D eigenvalue weighted by Gasteiger charge is 2.18. The fraction of sp³-hybridized carbons (Fsp3) is 0.476. The molecule has 3 rings (SSSR count). The molecule has 166 valence electrons. The number of benzene rings is 1. The van der Waals surface area contributed by atoms with Crippen LogP contribution in [-0.2, 0) is 6.42 Å². The lowest BCUT2D eigenvalue weighted by atomic mass is 10.00. The molecule has 1 aromatic carbocycles. The second-order valence-corrected chi connectivity index (χ2v) is 8.33. The Morgan fingerprint density at radius 1 is 1.26 bits per heavy atom. The SMILES string of the molecule is CCC[C@@H](CCSC)Nc1nc(N)nc(C)c1Cc1cc(-c2nn[nH]n2)ccc1OC. The number of rotatable bonds is 11. The standard InChI is InChI=1S/C21H30N8OS/c1-5-6-16(9-10-31-4)24-20-17(13(2)23-21(22)25-20)12-15-11-14(7-8-18(15)30-3)19-26-28-29-27-19/h7-8,11,16H,5-6,9-10,12H2,1-4H3,(H3,22,23,24,25)(H,26,27,28,29)/t16-/m0/s1. The number of anilines is 2. The van der Waals surface area contributed by atoms with Gasteiger partial charge in [-0.05, 0) is 60.7 Å². The van der Waals surface area contributed by atoms with Crippen molar-refractivity contribution in [3.05, 3.63) is 35.0 Å². The number of tetrazole rings is 1. The van der Waals surface area contributed by atoms with Gasteiger partial charge in [-0.15, -0.1) is 10.2 Å². The molecule has 0 aliphatic heterocycles. The summed E-state index contributed by atoms with van der Waals surface area (Å²) >= 11 is 1.85. The molecule has 31 heavy (non-hydrogen) atoms. The smallest absolute Gasteiger partial charge is 0.222 e. The van der Waals surface area contributed by atoms with E-state index in [0.29, 0.717) is 18.3 Å². The number of aryl methyl sites for hydroxylation is 1. The molecule has 9 nitrogen and oxygen atoms in total. The van der Waals surface area contributed by atoms with Crippen LogP contribution in [0.5, 0.6) is 5.75 Å². The molecular weight excluding hydrogens is 412 g/mol. The summed E-state index contributed by atoms with van der Waals surface area (Å²) in [4.78, 5) is 8.97. The van der Waals surface area contributed by atoms with E-state index in [4.69, 9.17) is 10.5 Å². The number of thioether (sulfide) groups is 1. The molecule has 1 atom stereocenters. The molecule has 0 spiro atoms. The zero-order chi connectivity index (χ0) is 22.2. The van der Waals surface area contributed by atoms with Crippen LogP contribution in [0.2, 0.25) is 0 Å². The molecule has 0 amide bonds. The molecular formula is C21H30N8OS. The van der Waals surface area contributed by atoms with E-state index in [9.17, 15) is 0 Å². The molecule has 2 aromatic heterocycles. The van der Waals surface area contributed by atoms with Crippen molar-refractivity contribution in [1.82, 2.24) is 30.6 Å². The maximum atomic E-state index is 6.00. The Hall–Kier alpha value is -2.88. The molecule has 0 saturated carbocycles. The van der Waals surface area contributed by atoms with Crippen LogP contribution < -0.4 is 15.8 Å². The Labute approximate surface area is 187 Å². The van der Waals surface area contributed by atoms with E-state index in [0.717, 1.165) is 59.0 Å². The summed E-state index contributed by atoms with van der Waals surface area (Å²) in [6, 6.07) is 6.18. The molecule has 0 unspecified atom stereocenters. The summed E-state index contributed by atoms with van der Waals surface area (Å²) < 4.78 is 5.61. The Balaban J connectivity index is 1.96. The highest BCUT2D eigenvalue weighted by molar-refractivity contribution is 7.98. The van der Waals surface area contributed by atoms with Gasteiger partial charge in [0.2, 0.25) is 11.8 Å². The maximum Gasteiger partial charge on any atom is 0.222 e. The quantitative estimate of drug-likeness (QED) is 0.409. The first-order valence-corrected chi connectivity index (χ1v) is 11.7. The first-order valence-electron chi connectivity index (χ1n) is 10.3. The minimum absolute atomic E-state index is 0.274. The number of H-pyrrole nitrogens is 1. The van der Waals surface area contributed by atoms with Crippen LogP contribution in [0, 0.1) is 6.92 Å². The van der Waals surface area contributed by atoms with Crippen molar-refractivity contribution in [1.29, 1.82) is 0 Å². The summed E-state index contributed by atoms with van der Waals surface area (Å²) in [5.41, 5.74) is 9.69. The molecule has 3 aromatic rings. The molecule has 0 saturated heterocycles. The molecule has 0 aliphatic rings. The number of ether oxygens (including phenoxy) is 1. The third kappa shape index (κ3) is 5.84. The van der Waals surface area contributed by atoms with Crippen molar-refractivity contribution in [2.24, 2.45) is 0 Å². The summed E-state index contributed by atoms with van der Waals surface area (Å²) in [5.74, 6) is 3.47. The first-order chi connectivity index (χ1) is 15.0. The van der Waals surface area contributed by atoms with Crippen molar-refractivity contribution in [2.45, 2.75) is 45.6 Å². The summed E-state index contributed by atoms with van der Waals surface area (Å²) in [6.45, 7) is 4.16. The molecule has 10 heteroatoms. The molecule has 4 N–H and O–H groups in total. The van der Waals surface area contributed by atoms with E-state index < -0.39 is 0 Å². The van der Waals surface area contributed by atoms with Crippen LogP contribution in [-0.4, -0.2) is 55.8 Å². The fourth-order valence-corrected chi connectivity index (χ4v) is 4.09. The van der Waals surface area contributed by atoms with Crippen LogP contribution in [0.3, 0.4) is 0 Å². The van der Waals surface area contributed by atoms with Gasteiger partial charge in [-0.25, -0.2) is 4.98 Å². The van der Waals surface area contributed by atoms with E-state index in [-0.39, 0.29) is 5.95 Å². The van der Waals surface area contributed by atoms with Crippen molar-refractivity contribution < 1.29 is 4.74 Å². The van der Waals surface area contributed by atoms with Gasteiger partial charge in [0, 0.05) is 29.3 Å². The molecule has 2 heterocycles. The van der Waals surface area contributed by atoms with E-state index in [1.54, 1.807) is 7.11 Å². The third-order valence-corrected chi connectivity index (χ3v) is 5.77. The Kier molecular flexibility index (Phi) is 8.05. The van der Waals surface area contributed by atoms with Gasteiger partial charge in [0.1, 0.15) is 11.6 Å². The molecule has 0 radical (unpaired) electrons. The zero-order valence-corrected chi connectivity index (χ0v) is 19.3. The maximum absolute atomic E-state index is 6.00. The van der Waals surface area contributed by atoms with E-state index in [1.165, 1.54) is 0 Å². The second-order valence-electron chi connectivity index (χ2n) is 7.34. The highest BCUT2D eigenvalue weighted by Crippen LogP contribution is 2.30. The number of hydrogen-bond donors (Lipinski definition) is 3. The monoisotopic (exact) mass is 442 g/mol. The van der Waals surface area contributed by atoms with E-state index >= 15 is 0 Å². The van der Waals surface area contributed by atoms with Crippen LogP contribution in [0.15, 0.2) is 18.2 Å². The van der Waals surface area contributed by atoms with Gasteiger partial charge in [0.05, 0.1) is 7.11 Å². The Bertz CT molecular complexity index is 980. The largest absolute Gasteiger partial charge is 0.496 e. The van der Waals surface area contributed by atoms with Crippen molar-refractivity contribution in [2.75, 3.05) is 30.2 Å². The summed E-state index contributed by atoms with van der Waals surface area (Å²) in [6.07, 6.45) is 5.95. The third-order valence-electron chi connectivity index (χ3n) is 5.13. The van der Waals surface area contributed by atoms with Gasteiger partial charge in [0.25, 0.3) is 0 Å². The number of nitrogen functional groups attached to an aromatic ring is 1. The van der Waals surface area contributed by atoms with Gasteiger partial charge >= 0.3 is 0 Å². The normalized spacial score (nSPS) is 12.0. The second kappa shape index (κ2) is 10.9. The van der Waals surface area contributed by atoms with Gasteiger partial charge in [0.15, 0.2) is 0 Å². The summed E-state index contributed by atoms with van der Waals surface area (Å²) in [7, 11) is 1.66. The lowest BCUT2D eigenvalue weighted by Crippen LogP contribution is -2.23. The van der Waals surface area contributed by atoms with Gasteiger partial charge in [-0.1, -0.05) is 13.3 Å². The van der Waals surface area contributed by atoms with E-state index in [2.05, 4.69) is 49.1 Å². The predicted octanol–water partition coefficient (Wildman–Crippen LogP) is 3.48. The summed E-state index contributed by atoms with van der Waals surface area (Å²) in [5, 5.41) is 18.0. The Morgan fingerprint density at radius 2 is 2.10 bits per heavy atom. The molecule has 0 fully saturated rings. The number of nitrogens with zero attached hydrogens (tertiary/aromatic N) is 5. The predicted molar refractivity (Wildman–Crippen MR) is 125 cm³/mol. The van der Waals surface area contributed by atoms with Crippen molar-refractivity contribution in [3.8, 4) is 17.1 Å². The number of nitrogens with two attached hydrogens (primary N) is 1. The number of hydrogen-bond acceptors (Lipinski definition) is 9. The molecule has 0 bridgehead atoms. The molecule has 0 aliphatic carbocycles. The van der Waals surface area contributed by atoms with Gasteiger partial charge in [-0.3, -0.25) is 0 Å². The average molecular weight is 443 g/mol. The fourth-order valence-electron chi connectivity index (χ4n) is 3.57. The minimum Gasteiger partial charge on any atom is -0.496 e. The zero-order valence-electron chi connectivity index (χ0n) is 18.5. The lowest BCUT2D eigenvalue weighted by molar-refractivity contribution is 0.410. The van der Waals surface area contributed by atoms with Gasteiger partial charge < -0.3 is 15.8 Å². The number of aromatic amines is 1. The average Bonchev–Trinajstić information content (AvgIpc) is 3.29. The van der Waals surface area contributed by atoms with Crippen LogP contribution in [0.25, 0.3) is 11.4 Å². The number of nitrogens with one attached hydrogen (secondary N) is 2. The Morgan fingerprint density at radius 3 is 2.77 bits per heavy atom. The number of methoxy groups -OCH3 is 1. The van der Waals surface area contributed by atoms with Gasteiger partial charge in [-0.2, -0.15) is 22.0 Å². The van der Waals surface area contributed by atoms with E-state index in [1.807, 2.05) is 36.9 Å². The highest BCUT2D eigenvalue weighted by atomic mass is 32.2. The topological polar surface area (TPSA) is 128 Å². The minimum atomic E-state index is 0.274. The van der Waals surface area contributed by atoms with Crippen molar-refractivity contribution in [3.63, 3.8) is 0 Å². The lowest BCUT2D eigenvalue weighted by Gasteiger charge is -2.22. The van der Waals surface area contributed by atoms with Crippen LogP contribution in [0.4, 0.5) is 11.8 Å². The van der Waals surface area contributed by atoms with Crippen LogP contribution >= 0.6 is 11.8 Å². The van der Waals surface area contributed by atoms with Crippen LogP contribution in [0.1, 0.15) is 43.0 Å².